The molecule has 0 saturated heterocycles. The Morgan fingerprint density at radius 1 is 1.24 bits per heavy atom. The van der Waals surface area contributed by atoms with E-state index in [1.165, 1.54) is 18.8 Å². The van der Waals surface area contributed by atoms with E-state index < -0.39 is 12.0 Å². The average Bonchev–Trinajstić information content (AvgIpc) is 2.78. The van der Waals surface area contributed by atoms with Crippen LogP contribution in [0.4, 0.5) is 13.2 Å². The molecule has 0 bridgehead atoms. The Morgan fingerprint density at radius 3 is 2.57 bits per heavy atom. The lowest BCUT2D eigenvalue weighted by Gasteiger charge is -2.08. The molecule has 0 aliphatic carbocycles. The molecular formula is C13H14F3N3OS. The molecule has 2 aromatic rings. The maximum Gasteiger partial charge on any atom is 0.451 e. The van der Waals surface area contributed by atoms with Crippen LogP contribution in [0.3, 0.4) is 0 Å². The van der Waals surface area contributed by atoms with Gasteiger partial charge in [0.25, 0.3) is 0 Å². The summed E-state index contributed by atoms with van der Waals surface area (Å²) in [5.74, 6) is 0.259. The summed E-state index contributed by atoms with van der Waals surface area (Å²) in [4.78, 5) is 0. The van der Waals surface area contributed by atoms with Gasteiger partial charge in [-0.15, -0.1) is 10.2 Å². The van der Waals surface area contributed by atoms with Gasteiger partial charge >= 0.3 is 6.18 Å². The van der Waals surface area contributed by atoms with Gasteiger partial charge in [-0.05, 0) is 18.6 Å². The molecule has 114 valence electrons. The van der Waals surface area contributed by atoms with Gasteiger partial charge in [-0.1, -0.05) is 30.0 Å². The van der Waals surface area contributed by atoms with Crippen LogP contribution in [0, 0.1) is 6.92 Å². The summed E-state index contributed by atoms with van der Waals surface area (Å²) in [7, 11) is 1.30. The van der Waals surface area contributed by atoms with E-state index in [9.17, 15) is 13.2 Å². The van der Waals surface area contributed by atoms with Crippen LogP contribution in [-0.4, -0.2) is 27.1 Å². The molecule has 21 heavy (non-hydrogen) atoms. The molecule has 8 heteroatoms. The van der Waals surface area contributed by atoms with Crippen molar-refractivity contribution in [3.63, 3.8) is 0 Å². The third kappa shape index (κ3) is 3.90. The summed E-state index contributed by atoms with van der Waals surface area (Å²) >= 11 is 1.17. The van der Waals surface area contributed by atoms with Gasteiger partial charge in [0.15, 0.2) is 5.16 Å². The number of aromatic nitrogens is 3. The number of rotatable bonds is 5. The molecule has 0 N–H and O–H groups in total. The van der Waals surface area contributed by atoms with E-state index in [-0.39, 0.29) is 5.16 Å². The fourth-order valence-corrected chi connectivity index (χ4v) is 2.42. The third-order valence-corrected chi connectivity index (χ3v) is 3.74. The normalized spacial score (nSPS) is 11.7. The number of thioether (sulfide) groups is 1. The van der Waals surface area contributed by atoms with Crippen LogP contribution in [0.5, 0.6) is 5.75 Å². The van der Waals surface area contributed by atoms with E-state index >= 15 is 0 Å². The molecule has 0 atom stereocenters. The Kier molecular flexibility index (Phi) is 4.76. The van der Waals surface area contributed by atoms with Crippen LogP contribution in [0.15, 0.2) is 29.4 Å². The van der Waals surface area contributed by atoms with E-state index in [1.807, 2.05) is 31.2 Å². The quantitative estimate of drug-likeness (QED) is 0.626. The van der Waals surface area contributed by atoms with Crippen molar-refractivity contribution in [3.8, 4) is 5.75 Å². The van der Waals surface area contributed by atoms with Gasteiger partial charge in [-0.2, -0.15) is 13.2 Å². The Bertz CT molecular complexity index is 613. The van der Waals surface area contributed by atoms with Crippen LogP contribution in [0.2, 0.25) is 0 Å². The number of para-hydroxylation sites is 1. The largest absolute Gasteiger partial charge is 0.492 e. The van der Waals surface area contributed by atoms with Crippen molar-refractivity contribution in [2.45, 2.75) is 18.3 Å². The van der Waals surface area contributed by atoms with Crippen molar-refractivity contribution < 1.29 is 17.9 Å². The first-order valence-electron chi connectivity index (χ1n) is 6.17. The summed E-state index contributed by atoms with van der Waals surface area (Å²) in [5, 5.41) is 6.93. The lowest BCUT2D eigenvalue weighted by molar-refractivity contribution is -0.147. The summed E-state index contributed by atoms with van der Waals surface area (Å²) in [6, 6.07) is 7.56. The number of hydrogen-bond acceptors (Lipinski definition) is 4. The third-order valence-electron chi connectivity index (χ3n) is 2.75. The van der Waals surface area contributed by atoms with E-state index in [4.69, 9.17) is 4.74 Å². The molecule has 1 aromatic heterocycles. The molecule has 1 aromatic carbocycles. The van der Waals surface area contributed by atoms with Crippen LogP contribution < -0.4 is 4.74 Å². The summed E-state index contributed by atoms with van der Waals surface area (Å²) in [5.41, 5.74) is 1.01. The molecule has 0 spiro atoms. The van der Waals surface area contributed by atoms with Gasteiger partial charge < -0.3 is 9.30 Å². The molecule has 0 fully saturated rings. The zero-order chi connectivity index (χ0) is 15.5. The van der Waals surface area contributed by atoms with Crippen LogP contribution in [0.25, 0.3) is 0 Å². The Morgan fingerprint density at radius 2 is 1.95 bits per heavy atom. The van der Waals surface area contributed by atoms with Gasteiger partial charge in [0.1, 0.15) is 5.75 Å². The number of halogens is 3. The molecule has 1 heterocycles. The lowest BCUT2D eigenvalue weighted by atomic mass is 10.2. The number of ether oxygens (including phenoxy) is 1. The number of alkyl halides is 3. The highest BCUT2D eigenvalue weighted by Gasteiger charge is 2.37. The summed E-state index contributed by atoms with van der Waals surface area (Å²) in [6.45, 7) is 2.31. The van der Waals surface area contributed by atoms with Crippen molar-refractivity contribution >= 4 is 11.8 Å². The van der Waals surface area contributed by atoms with E-state index in [2.05, 4.69) is 10.2 Å². The molecule has 0 unspecified atom stereocenters. The van der Waals surface area contributed by atoms with Crippen LogP contribution in [0.1, 0.15) is 11.4 Å². The lowest BCUT2D eigenvalue weighted by Crippen LogP contribution is -2.13. The van der Waals surface area contributed by atoms with Gasteiger partial charge in [0.2, 0.25) is 5.82 Å². The minimum absolute atomic E-state index is 0.218. The summed E-state index contributed by atoms with van der Waals surface area (Å²) in [6.07, 6.45) is -4.49. The van der Waals surface area contributed by atoms with E-state index in [1.54, 1.807) is 0 Å². The van der Waals surface area contributed by atoms with Crippen molar-refractivity contribution in [2.24, 2.45) is 7.05 Å². The number of nitrogens with zero attached hydrogens (tertiary/aromatic N) is 3. The zero-order valence-electron chi connectivity index (χ0n) is 11.5. The second-order valence-electron chi connectivity index (χ2n) is 4.33. The summed E-state index contributed by atoms with van der Waals surface area (Å²) < 4.78 is 44.2. The maximum atomic E-state index is 12.6. The first kappa shape index (κ1) is 15.7. The van der Waals surface area contributed by atoms with E-state index in [0.29, 0.717) is 12.4 Å². The Labute approximate surface area is 124 Å². The molecule has 0 amide bonds. The smallest absolute Gasteiger partial charge is 0.451 e. The van der Waals surface area contributed by atoms with Crippen molar-refractivity contribution in [2.75, 3.05) is 12.4 Å². The highest BCUT2D eigenvalue weighted by atomic mass is 32.2. The van der Waals surface area contributed by atoms with Gasteiger partial charge in [-0.25, -0.2) is 0 Å². The molecule has 4 nitrogen and oxygen atoms in total. The number of aryl methyl sites for hydroxylation is 1. The number of hydrogen-bond donors (Lipinski definition) is 0. The first-order valence-corrected chi connectivity index (χ1v) is 7.16. The minimum Gasteiger partial charge on any atom is -0.492 e. The number of benzene rings is 1. The minimum atomic E-state index is -4.49. The predicted octanol–water partition coefficient (Wildman–Crippen LogP) is 3.31. The molecule has 0 radical (unpaired) electrons. The molecule has 0 aliphatic rings. The second-order valence-corrected chi connectivity index (χ2v) is 5.39. The Hall–Kier alpha value is -1.70. The highest BCUT2D eigenvalue weighted by Crippen LogP contribution is 2.29. The second kappa shape index (κ2) is 6.38. The van der Waals surface area contributed by atoms with Crippen LogP contribution in [-0.2, 0) is 13.2 Å². The Balaban J connectivity index is 1.87. The molecule has 0 saturated carbocycles. The average molecular weight is 317 g/mol. The first-order chi connectivity index (χ1) is 9.89. The maximum absolute atomic E-state index is 12.6. The monoisotopic (exact) mass is 317 g/mol. The van der Waals surface area contributed by atoms with Crippen molar-refractivity contribution in [1.82, 2.24) is 14.8 Å². The molecule has 0 aliphatic heterocycles. The molecule has 2 rings (SSSR count). The molecular weight excluding hydrogens is 303 g/mol. The fourth-order valence-electron chi connectivity index (χ4n) is 1.69. The SMILES string of the molecule is Cc1ccccc1OCCSc1nnc(C(F)(F)F)n1C. The van der Waals surface area contributed by atoms with Gasteiger partial charge in [0.05, 0.1) is 6.61 Å². The topological polar surface area (TPSA) is 39.9 Å². The van der Waals surface area contributed by atoms with E-state index in [0.717, 1.165) is 15.9 Å². The van der Waals surface area contributed by atoms with Crippen molar-refractivity contribution in [1.29, 1.82) is 0 Å². The van der Waals surface area contributed by atoms with Crippen LogP contribution >= 0.6 is 11.8 Å². The standard InChI is InChI=1S/C13H14F3N3OS/c1-9-5-3-4-6-10(9)20-7-8-21-12-18-17-11(19(12)2)13(14,15)16/h3-6H,7-8H2,1-2H3. The highest BCUT2D eigenvalue weighted by molar-refractivity contribution is 7.99. The van der Waals surface area contributed by atoms with Crippen molar-refractivity contribution in [3.05, 3.63) is 35.7 Å². The predicted molar refractivity (Wildman–Crippen MR) is 73.4 cm³/mol. The van der Waals surface area contributed by atoms with Gasteiger partial charge in [0, 0.05) is 12.8 Å². The fraction of sp³-hybridized carbons (Fsp3) is 0.385. The zero-order valence-corrected chi connectivity index (χ0v) is 12.3. The van der Waals surface area contributed by atoms with Gasteiger partial charge in [-0.3, -0.25) is 0 Å².